The van der Waals surface area contributed by atoms with Gasteiger partial charge in [-0.2, -0.15) is 0 Å². The topological polar surface area (TPSA) is 41.6 Å². The molecule has 110 valence electrons. The van der Waals surface area contributed by atoms with Crippen LogP contribution in [0.3, 0.4) is 0 Å². The number of benzene rings is 1. The maximum Gasteiger partial charge on any atom is 0.251 e. The molecule has 1 N–H and O–H groups in total. The molecule has 0 saturated carbocycles. The van der Waals surface area contributed by atoms with Crippen molar-refractivity contribution in [2.75, 3.05) is 26.7 Å². The molecule has 1 atom stereocenters. The number of carbonyl (C=O) groups is 1. The van der Waals surface area contributed by atoms with Gasteiger partial charge >= 0.3 is 0 Å². The minimum atomic E-state index is 0. The molecular weight excluding hydrogens is 276 g/mol. The van der Waals surface area contributed by atoms with Gasteiger partial charge in [-0.3, -0.25) is 4.79 Å². The predicted molar refractivity (Wildman–Crippen MR) is 80.7 cm³/mol. The standard InChI is InChI=1S/C15H20N2O2.ClH/c1-19-13-4-2-3-12(9-13)15(18)16-14-10-17-7-5-11(14)6-8-17;/h2-4,9,11,14H,5-8,10H2,1H3,(H,16,18);1H. The molecule has 3 heterocycles. The van der Waals surface area contributed by atoms with Gasteiger partial charge in [0, 0.05) is 18.2 Å². The number of methoxy groups -OCH3 is 1. The van der Waals surface area contributed by atoms with Crippen molar-refractivity contribution in [2.24, 2.45) is 5.92 Å². The first-order valence-electron chi connectivity index (χ1n) is 6.93. The lowest BCUT2D eigenvalue weighted by Crippen LogP contribution is -2.57. The van der Waals surface area contributed by atoms with E-state index in [0.717, 1.165) is 12.3 Å². The smallest absolute Gasteiger partial charge is 0.251 e. The van der Waals surface area contributed by atoms with E-state index in [2.05, 4.69) is 10.2 Å². The molecule has 3 aliphatic rings. The van der Waals surface area contributed by atoms with Crippen molar-refractivity contribution >= 4 is 18.3 Å². The molecule has 1 amide bonds. The maximum absolute atomic E-state index is 12.3. The molecule has 4 nitrogen and oxygen atoms in total. The SMILES string of the molecule is COc1cccc(C(=O)NC2CN3CCC2CC3)c1.Cl. The van der Waals surface area contributed by atoms with Gasteiger partial charge in [-0.15, -0.1) is 12.4 Å². The highest BCUT2D eigenvalue weighted by Crippen LogP contribution is 2.27. The van der Waals surface area contributed by atoms with E-state index in [1.807, 2.05) is 18.2 Å². The van der Waals surface area contributed by atoms with Crippen LogP contribution in [0.25, 0.3) is 0 Å². The predicted octanol–water partition coefficient (Wildman–Crippen LogP) is 1.94. The molecule has 1 aromatic rings. The normalized spacial score (nSPS) is 27.6. The monoisotopic (exact) mass is 296 g/mol. The number of hydrogen-bond acceptors (Lipinski definition) is 3. The van der Waals surface area contributed by atoms with Crippen LogP contribution in [0.4, 0.5) is 0 Å². The van der Waals surface area contributed by atoms with E-state index in [1.165, 1.54) is 25.9 Å². The van der Waals surface area contributed by atoms with E-state index in [1.54, 1.807) is 13.2 Å². The molecule has 20 heavy (non-hydrogen) atoms. The summed E-state index contributed by atoms with van der Waals surface area (Å²) in [5.41, 5.74) is 0.677. The van der Waals surface area contributed by atoms with Gasteiger partial charge in [0.2, 0.25) is 0 Å². The van der Waals surface area contributed by atoms with Gasteiger partial charge in [-0.05, 0) is 50.0 Å². The third-order valence-corrected chi connectivity index (χ3v) is 4.30. The molecule has 0 aromatic heterocycles. The Morgan fingerprint density at radius 1 is 1.35 bits per heavy atom. The fourth-order valence-electron chi connectivity index (χ4n) is 3.14. The van der Waals surface area contributed by atoms with Crippen molar-refractivity contribution in [1.29, 1.82) is 0 Å². The Labute approximate surface area is 125 Å². The number of nitrogens with one attached hydrogen (secondary N) is 1. The summed E-state index contributed by atoms with van der Waals surface area (Å²) >= 11 is 0. The number of nitrogens with zero attached hydrogens (tertiary/aromatic N) is 1. The Balaban J connectivity index is 0.00000147. The average molecular weight is 297 g/mol. The number of hydrogen-bond donors (Lipinski definition) is 1. The van der Waals surface area contributed by atoms with Crippen LogP contribution in [0.2, 0.25) is 0 Å². The lowest BCUT2D eigenvalue weighted by atomic mass is 9.84. The van der Waals surface area contributed by atoms with Crippen LogP contribution in [0, 0.1) is 5.92 Å². The summed E-state index contributed by atoms with van der Waals surface area (Å²) in [5.74, 6) is 1.39. The Morgan fingerprint density at radius 3 is 2.70 bits per heavy atom. The summed E-state index contributed by atoms with van der Waals surface area (Å²) in [7, 11) is 1.62. The van der Waals surface area contributed by atoms with Crippen LogP contribution in [0.5, 0.6) is 5.75 Å². The second-order valence-corrected chi connectivity index (χ2v) is 5.45. The fourth-order valence-corrected chi connectivity index (χ4v) is 3.14. The quantitative estimate of drug-likeness (QED) is 0.927. The molecule has 5 heteroatoms. The highest BCUT2D eigenvalue weighted by molar-refractivity contribution is 5.94. The fraction of sp³-hybridized carbons (Fsp3) is 0.533. The molecule has 2 bridgehead atoms. The Morgan fingerprint density at radius 2 is 2.10 bits per heavy atom. The largest absolute Gasteiger partial charge is 0.497 e. The van der Waals surface area contributed by atoms with Crippen molar-refractivity contribution in [3.05, 3.63) is 29.8 Å². The van der Waals surface area contributed by atoms with Gasteiger partial charge in [0.1, 0.15) is 5.75 Å². The Bertz CT molecular complexity index is 473. The third kappa shape index (κ3) is 3.07. The summed E-state index contributed by atoms with van der Waals surface area (Å²) in [6, 6.07) is 7.63. The average Bonchev–Trinajstić information content (AvgIpc) is 2.48. The molecule has 0 spiro atoms. The maximum atomic E-state index is 12.3. The molecule has 3 fully saturated rings. The first kappa shape index (κ1) is 15.1. The van der Waals surface area contributed by atoms with Crippen molar-refractivity contribution in [3.63, 3.8) is 0 Å². The second-order valence-electron chi connectivity index (χ2n) is 5.45. The van der Waals surface area contributed by atoms with E-state index in [9.17, 15) is 4.79 Å². The lowest BCUT2D eigenvalue weighted by molar-refractivity contribution is 0.0620. The van der Waals surface area contributed by atoms with Crippen molar-refractivity contribution in [3.8, 4) is 5.75 Å². The van der Waals surface area contributed by atoms with Crippen LogP contribution in [-0.4, -0.2) is 43.6 Å². The first-order valence-corrected chi connectivity index (χ1v) is 6.93. The molecular formula is C15H21ClN2O2. The van der Waals surface area contributed by atoms with Crippen LogP contribution in [0.15, 0.2) is 24.3 Å². The summed E-state index contributed by atoms with van der Waals surface area (Å²) in [4.78, 5) is 14.7. The number of halogens is 1. The van der Waals surface area contributed by atoms with E-state index in [-0.39, 0.29) is 18.3 Å². The third-order valence-electron chi connectivity index (χ3n) is 4.30. The lowest BCUT2D eigenvalue weighted by Gasteiger charge is -2.44. The summed E-state index contributed by atoms with van der Waals surface area (Å²) in [6.07, 6.45) is 2.42. The zero-order chi connectivity index (χ0) is 13.2. The van der Waals surface area contributed by atoms with Gasteiger partial charge in [-0.25, -0.2) is 0 Å². The van der Waals surface area contributed by atoms with Gasteiger partial charge in [0.25, 0.3) is 5.91 Å². The number of ether oxygens (including phenoxy) is 1. The second kappa shape index (κ2) is 6.46. The molecule has 3 saturated heterocycles. The number of amides is 1. The Hall–Kier alpha value is -1.26. The Kier molecular flexibility index (Phi) is 4.89. The van der Waals surface area contributed by atoms with Crippen LogP contribution in [-0.2, 0) is 0 Å². The van der Waals surface area contributed by atoms with E-state index in [0.29, 0.717) is 17.5 Å². The zero-order valence-electron chi connectivity index (χ0n) is 11.7. The summed E-state index contributed by atoms with van der Waals surface area (Å²) in [5, 5.41) is 3.18. The molecule has 4 rings (SSSR count). The number of rotatable bonds is 3. The zero-order valence-corrected chi connectivity index (χ0v) is 12.5. The molecule has 1 aromatic carbocycles. The summed E-state index contributed by atoms with van der Waals surface area (Å²) in [6.45, 7) is 3.38. The summed E-state index contributed by atoms with van der Waals surface area (Å²) < 4.78 is 5.16. The van der Waals surface area contributed by atoms with Gasteiger partial charge in [-0.1, -0.05) is 6.07 Å². The molecule has 1 unspecified atom stereocenters. The van der Waals surface area contributed by atoms with Crippen molar-refractivity contribution < 1.29 is 9.53 Å². The van der Waals surface area contributed by atoms with Crippen LogP contribution >= 0.6 is 12.4 Å². The van der Waals surface area contributed by atoms with E-state index >= 15 is 0 Å². The van der Waals surface area contributed by atoms with Gasteiger partial charge < -0.3 is 15.0 Å². The molecule has 0 radical (unpaired) electrons. The van der Waals surface area contributed by atoms with Crippen LogP contribution < -0.4 is 10.1 Å². The highest BCUT2D eigenvalue weighted by Gasteiger charge is 2.34. The van der Waals surface area contributed by atoms with Crippen molar-refractivity contribution in [1.82, 2.24) is 10.2 Å². The number of carbonyl (C=O) groups excluding carboxylic acids is 1. The van der Waals surface area contributed by atoms with E-state index in [4.69, 9.17) is 4.74 Å². The van der Waals surface area contributed by atoms with Gasteiger partial charge in [0.15, 0.2) is 0 Å². The number of fused-ring (bicyclic) bond motifs is 3. The minimum absolute atomic E-state index is 0. The first-order chi connectivity index (χ1) is 9.26. The van der Waals surface area contributed by atoms with Crippen molar-refractivity contribution in [2.45, 2.75) is 18.9 Å². The molecule has 3 aliphatic heterocycles. The number of piperidine rings is 3. The van der Waals surface area contributed by atoms with Gasteiger partial charge in [0.05, 0.1) is 7.11 Å². The molecule has 0 aliphatic carbocycles. The minimum Gasteiger partial charge on any atom is -0.497 e. The van der Waals surface area contributed by atoms with E-state index < -0.39 is 0 Å². The highest BCUT2D eigenvalue weighted by atomic mass is 35.5. The van der Waals surface area contributed by atoms with Crippen LogP contribution in [0.1, 0.15) is 23.2 Å².